The Bertz CT molecular complexity index is 3120. The van der Waals surface area contributed by atoms with Crippen molar-refractivity contribution in [1.29, 1.82) is 0 Å². The molecule has 0 aromatic heterocycles. The van der Waals surface area contributed by atoms with Crippen molar-refractivity contribution < 1.29 is 57.1 Å². The Morgan fingerprint density at radius 1 is 0.286 bits per heavy atom. The highest BCUT2D eigenvalue weighted by Gasteiger charge is 2.26. The maximum atomic E-state index is 11.3. The van der Waals surface area contributed by atoms with Gasteiger partial charge < -0.3 is 37.9 Å². The molecule has 0 N–H and O–H groups in total. The number of carbonyl (C=O) groups excluding carboxylic acids is 4. The Morgan fingerprint density at radius 3 is 0.741 bits per heavy atom. The summed E-state index contributed by atoms with van der Waals surface area (Å²) in [6, 6.07) is 35.0. The van der Waals surface area contributed by atoms with Gasteiger partial charge in [-0.05, 0) is 312 Å². The van der Waals surface area contributed by atoms with Crippen LogP contribution in [0.4, 0.5) is 0 Å². The number of carbonyl (C=O) groups is 4. The van der Waals surface area contributed by atoms with Gasteiger partial charge in [-0.25, -0.2) is 19.2 Å². The molecule has 4 aliphatic carbocycles. The Hall–Kier alpha value is -7.08. The van der Waals surface area contributed by atoms with Crippen LogP contribution in [0.3, 0.4) is 0 Å². The summed E-state index contributed by atoms with van der Waals surface area (Å²) < 4.78 is 43.5. The van der Waals surface area contributed by atoms with Crippen LogP contribution in [0.25, 0.3) is 0 Å². The monoisotopic (exact) mass is 1550 g/mol. The van der Waals surface area contributed by atoms with Crippen LogP contribution in [0.2, 0.25) is 0 Å². The molecule has 4 aromatic carbocycles. The van der Waals surface area contributed by atoms with Crippen LogP contribution < -0.4 is 18.9 Å². The van der Waals surface area contributed by atoms with E-state index >= 15 is 0 Å². The van der Waals surface area contributed by atoms with Gasteiger partial charge >= 0.3 is 23.9 Å². The number of hydrogen-bond donors (Lipinski definition) is 0. The van der Waals surface area contributed by atoms with Gasteiger partial charge in [0.15, 0.2) is 0 Å². The molecular weight excluding hydrogens is 1390 g/mol. The molecule has 0 spiro atoms. The molecule has 0 bridgehead atoms. The van der Waals surface area contributed by atoms with Crippen molar-refractivity contribution in [2.75, 3.05) is 52.9 Å². The number of hydrogen-bond acceptors (Lipinski definition) is 12. The van der Waals surface area contributed by atoms with Gasteiger partial charge in [0.25, 0.3) is 0 Å². The SMILES string of the molecule is C=C(C)C(=O)OCCCCCCOc1ccc(C2CCC(CCC)CC2)cc1.C=C(C)C(=O)OCCCCOc1ccc(C2CCC(CCCCC)CC2)cc1.C=CC(=O)OCCCCCCOc1ccc(C2CCC(CCCCC)CC2)cc1.C=CC(=O)OCCCCOc1ccc(C2CCC(CCCCC)CC2)cc1. The van der Waals surface area contributed by atoms with Crippen LogP contribution >= 0.6 is 0 Å². The lowest BCUT2D eigenvalue weighted by atomic mass is 9.77. The minimum Gasteiger partial charge on any atom is -0.494 e. The van der Waals surface area contributed by atoms with Crippen LogP contribution in [-0.2, 0) is 38.1 Å². The fraction of sp³-hybridized carbons (Fsp3) is 0.640. The standard InChI is InChI=1S/C26H40O3.2C25H38O3.C24H36O3/c1-3-5-8-11-22-12-14-23(15-13-22)24-16-18-25(19-17-24)28-20-9-6-7-10-21-29-26(27)4-2;1-4-9-21-10-12-22(13-11-21)23-14-16-24(17-15-23)27-18-7-5-6-8-19-28-25(26)20(2)3;1-4-5-6-9-21-10-12-22(13-11-21)23-14-16-24(17-15-23)27-18-7-8-19-28-25(26)20(2)3;1-3-5-6-9-20-10-12-21(13-11-20)22-14-16-23(17-15-22)26-18-7-8-19-27-24(25)4-2/h4,16-19,22-23H,2-3,5-15,20-21H2,1H3;2*14-17,21-22H,2,4-13,18-19H2,1,3H3;4,14-17,20-21H,2-3,5-13,18-19H2,1H3. The first-order chi connectivity index (χ1) is 54.6. The first-order valence-electron chi connectivity index (χ1n) is 44.8. The highest BCUT2D eigenvalue weighted by Crippen LogP contribution is 2.42. The second kappa shape index (κ2) is 60.5. The predicted octanol–water partition coefficient (Wildman–Crippen LogP) is 27.3. The van der Waals surface area contributed by atoms with Crippen LogP contribution in [0, 0.1) is 23.7 Å². The van der Waals surface area contributed by atoms with E-state index in [0.29, 0.717) is 50.8 Å². The van der Waals surface area contributed by atoms with Crippen LogP contribution in [0.5, 0.6) is 23.0 Å². The summed E-state index contributed by atoms with van der Waals surface area (Å²) in [5.74, 6) is 9.26. The Morgan fingerprint density at radius 2 is 0.509 bits per heavy atom. The van der Waals surface area contributed by atoms with Gasteiger partial charge in [0, 0.05) is 23.3 Å². The zero-order chi connectivity index (χ0) is 80.4. The third-order valence-electron chi connectivity index (χ3n) is 23.4. The maximum Gasteiger partial charge on any atom is 0.333 e. The van der Waals surface area contributed by atoms with Gasteiger partial charge in [0.05, 0.1) is 52.9 Å². The number of benzene rings is 4. The third kappa shape index (κ3) is 42.3. The van der Waals surface area contributed by atoms with Crippen molar-refractivity contribution in [3.63, 3.8) is 0 Å². The first kappa shape index (κ1) is 95.5. The van der Waals surface area contributed by atoms with Gasteiger partial charge in [-0.2, -0.15) is 0 Å². The normalized spacial score (nSPS) is 19.2. The molecule has 0 saturated heterocycles. The average molecular weight is 1550 g/mol. The van der Waals surface area contributed by atoms with E-state index in [1.807, 2.05) is 0 Å². The smallest absolute Gasteiger partial charge is 0.333 e. The molecule has 624 valence electrons. The molecule has 4 saturated carbocycles. The van der Waals surface area contributed by atoms with Crippen molar-refractivity contribution >= 4 is 23.9 Å². The lowest BCUT2D eigenvalue weighted by Crippen LogP contribution is -2.13. The number of rotatable bonds is 50. The van der Waals surface area contributed by atoms with Crippen LogP contribution in [0.1, 0.15) is 357 Å². The zero-order valence-corrected chi connectivity index (χ0v) is 71.1. The lowest BCUT2D eigenvalue weighted by Gasteiger charge is -2.29. The Kier molecular flexibility index (Phi) is 51.6. The molecule has 4 aliphatic rings. The summed E-state index contributed by atoms with van der Waals surface area (Å²) in [5, 5.41) is 0. The molecule has 8 rings (SSSR count). The summed E-state index contributed by atoms with van der Waals surface area (Å²) in [4.78, 5) is 44.4. The quantitative estimate of drug-likeness (QED) is 0.0180. The first-order valence-corrected chi connectivity index (χ1v) is 44.8. The highest BCUT2D eigenvalue weighted by molar-refractivity contribution is 5.87. The van der Waals surface area contributed by atoms with Crippen molar-refractivity contribution in [1.82, 2.24) is 0 Å². The summed E-state index contributed by atoms with van der Waals surface area (Å²) in [6.07, 6.45) is 55.1. The molecule has 12 nitrogen and oxygen atoms in total. The summed E-state index contributed by atoms with van der Waals surface area (Å²) in [7, 11) is 0. The topological polar surface area (TPSA) is 142 Å². The average Bonchev–Trinajstić information content (AvgIpc) is 0.877. The van der Waals surface area contributed by atoms with Crippen molar-refractivity contribution in [3.8, 4) is 23.0 Å². The maximum absolute atomic E-state index is 11.3. The second-order valence-electron chi connectivity index (χ2n) is 32.6. The molecule has 0 atom stereocenters. The Labute approximate surface area is 680 Å². The Balaban J connectivity index is 0.000000267. The number of unbranched alkanes of at least 4 members (excludes halogenated alkanes) is 14. The van der Waals surface area contributed by atoms with E-state index in [1.165, 1.54) is 227 Å². The largest absolute Gasteiger partial charge is 0.494 e. The predicted molar refractivity (Wildman–Crippen MR) is 463 cm³/mol. The fourth-order valence-corrected chi connectivity index (χ4v) is 16.3. The summed E-state index contributed by atoms with van der Waals surface area (Å²) in [6.45, 7) is 31.0. The van der Waals surface area contributed by atoms with Gasteiger partial charge in [0.1, 0.15) is 23.0 Å². The van der Waals surface area contributed by atoms with Crippen molar-refractivity contribution in [3.05, 3.63) is 169 Å². The molecule has 112 heavy (non-hydrogen) atoms. The van der Waals surface area contributed by atoms with Gasteiger partial charge in [-0.1, -0.05) is 192 Å². The van der Waals surface area contributed by atoms with Crippen LogP contribution in [0.15, 0.2) is 147 Å². The van der Waals surface area contributed by atoms with E-state index in [9.17, 15) is 19.2 Å². The van der Waals surface area contributed by atoms with Gasteiger partial charge in [0.2, 0.25) is 0 Å². The molecule has 12 heteroatoms. The van der Waals surface area contributed by atoms with E-state index in [-0.39, 0.29) is 23.9 Å². The molecule has 4 aromatic rings. The van der Waals surface area contributed by atoms with E-state index in [2.05, 4.69) is 151 Å². The van der Waals surface area contributed by atoms with E-state index < -0.39 is 0 Å². The molecule has 4 fully saturated rings. The molecule has 0 unspecified atom stereocenters. The molecule has 0 radical (unpaired) electrons. The summed E-state index contributed by atoms with van der Waals surface area (Å²) >= 11 is 0. The lowest BCUT2D eigenvalue weighted by molar-refractivity contribution is -0.139. The minimum atomic E-state index is -0.360. The van der Waals surface area contributed by atoms with Crippen molar-refractivity contribution in [2.45, 2.75) is 335 Å². The number of esters is 4. The molecule has 0 heterocycles. The zero-order valence-electron chi connectivity index (χ0n) is 71.1. The third-order valence-corrected chi connectivity index (χ3v) is 23.4. The van der Waals surface area contributed by atoms with Crippen molar-refractivity contribution in [2.24, 2.45) is 23.7 Å². The van der Waals surface area contributed by atoms with Gasteiger partial charge in [-0.15, -0.1) is 0 Å². The van der Waals surface area contributed by atoms with E-state index in [1.54, 1.807) is 13.8 Å². The van der Waals surface area contributed by atoms with Gasteiger partial charge in [-0.3, -0.25) is 0 Å². The highest BCUT2D eigenvalue weighted by atomic mass is 16.5. The van der Waals surface area contributed by atoms with E-state index in [0.717, 1.165) is 161 Å². The molecular formula is C100H152O12. The molecule has 0 aliphatic heterocycles. The second-order valence-corrected chi connectivity index (χ2v) is 32.6. The summed E-state index contributed by atoms with van der Waals surface area (Å²) in [5.41, 5.74) is 6.80. The fourth-order valence-electron chi connectivity index (χ4n) is 16.3. The van der Waals surface area contributed by atoms with E-state index in [4.69, 9.17) is 37.9 Å². The molecule has 0 amide bonds. The number of ether oxygens (including phenoxy) is 8. The van der Waals surface area contributed by atoms with Crippen LogP contribution in [-0.4, -0.2) is 76.7 Å². The minimum absolute atomic E-state index is 0.291.